The molecule has 4 aromatic rings. The molecule has 4 rings (SSSR count). The highest BCUT2D eigenvalue weighted by Gasteiger charge is 2.13. The van der Waals surface area contributed by atoms with Gasteiger partial charge in [-0.05, 0) is 48.5 Å². The van der Waals surface area contributed by atoms with Crippen molar-refractivity contribution in [1.82, 2.24) is 15.0 Å². The van der Waals surface area contributed by atoms with Crippen molar-refractivity contribution in [3.63, 3.8) is 0 Å². The van der Waals surface area contributed by atoms with Gasteiger partial charge in [0, 0.05) is 28.2 Å². The molecule has 0 radical (unpaired) electrons. The highest BCUT2D eigenvalue weighted by molar-refractivity contribution is 6.30. The smallest absolute Gasteiger partial charge is 0.270 e. The number of pyridine rings is 1. The lowest BCUT2D eigenvalue weighted by molar-refractivity contribution is 1.05. The molecule has 0 aliphatic carbocycles. The van der Waals surface area contributed by atoms with E-state index in [4.69, 9.17) is 11.6 Å². The number of hydrogen-bond acceptors (Lipinski definition) is 6. The van der Waals surface area contributed by atoms with Gasteiger partial charge in [0.15, 0.2) is 0 Å². The predicted octanol–water partition coefficient (Wildman–Crippen LogP) is 4.71. The van der Waals surface area contributed by atoms with Crippen molar-refractivity contribution in [2.45, 2.75) is 6.54 Å². The topological polar surface area (TPSA) is 106 Å². The van der Waals surface area contributed by atoms with Gasteiger partial charge in [-0.15, -0.1) is 0 Å². The number of aromatic nitrogens is 3. The molecule has 2 heterocycles. The molecule has 0 saturated heterocycles. The summed E-state index contributed by atoms with van der Waals surface area (Å²) < 4.78 is 0. The molecule has 31 heavy (non-hydrogen) atoms. The van der Waals surface area contributed by atoms with Crippen LogP contribution in [0.15, 0.2) is 77.7 Å². The Bertz CT molecular complexity index is 1280. The van der Waals surface area contributed by atoms with E-state index in [1.165, 1.54) is 0 Å². The molecule has 0 aliphatic heterocycles. The first-order valence-corrected chi connectivity index (χ1v) is 9.81. The average molecular weight is 429 g/mol. The van der Waals surface area contributed by atoms with Crippen LogP contribution in [0.2, 0.25) is 5.02 Å². The maximum Gasteiger partial charge on any atom is 0.270 e. The number of benzene rings is 2. The van der Waals surface area contributed by atoms with Crippen LogP contribution in [0.4, 0.5) is 17.3 Å². The number of rotatable bonds is 6. The minimum atomic E-state index is -0.513. The van der Waals surface area contributed by atoms with E-state index >= 15 is 0 Å². The molecule has 0 amide bonds. The van der Waals surface area contributed by atoms with Crippen LogP contribution in [0.25, 0.3) is 11.3 Å². The van der Waals surface area contributed by atoms with Gasteiger partial charge in [0.25, 0.3) is 5.56 Å². The molecule has 0 unspecified atom stereocenters. The number of nitrogens with one attached hydrogen (secondary N) is 3. The number of aromatic amines is 1. The third-order valence-corrected chi connectivity index (χ3v) is 4.75. The standard InChI is InChI=1S/C23H17ClN6O/c24-16-6-10-18(11-7-16)28-23-29-21(20(13-25)22(31)30-23)15-4-8-17(9-5-15)27-14-19-3-1-2-12-26-19/h1-12,27H,14H2,(H2,28,29,30,31). The zero-order valence-electron chi connectivity index (χ0n) is 16.3. The summed E-state index contributed by atoms with van der Waals surface area (Å²) in [5.74, 6) is 0.235. The van der Waals surface area contributed by atoms with E-state index in [0.29, 0.717) is 28.5 Å². The quantitative estimate of drug-likeness (QED) is 0.410. The molecule has 7 nitrogen and oxygen atoms in total. The fourth-order valence-corrected chi connectivity index (χ4v) is 3.08. The van der Waals surface area contributed by atoms with Gasteiger partial charge < -0.3 is 10.6 Å². The van der Waals surface area contributed by atoms with E-state index in [-0.39, 0.29) is 11.5 Å². The second kappa shape index (κ2) is 9.11. The van der Waals surface area contributed by atoms with Gasteiger partial charge in [0.2, 0.25) is 5.95 Å². The Morgan fingerprint density at radius 2 is 1.74 bits per heavy atom. The fraction of sp³-hybridized carbons (Fsp3) is 0.0435. The SMILES string of the molecule is N#Cc1c(-c2ccc(NCc3ccccn3)cc2)nc(Nc2ccc(Cl)cc2)[nH]c1=O. The molecule has 8 heteroatoms. The first-order valence-electron chi connectivity index (χ1n) is 9.43. The Labute approximate surface area is 183 Å². The van der Waals surface area contributed by atoms with Crippen LogP contribution in [0.5, 0.6) is 0 Å². The van der Waals surface area contributed by atoms with E-state index in [2.05, 4.69) is 25.6 Å². The van der Waals surface area contributed by atoms with Crippen molar-refractivity contribution >= 4 is 28.9 Å². The maximum absolute atomic E-state index is 12.4. The lowest BCUT2D eigenvalue weighted by atomic mass is 10.1. The zero-order chi connectivity index (χ0) is 21.6. The largest absolute Gasteiger partial charge is 0.379 e. The van der Waals surface area contributed by atoms with Crippen LogP contribution in [0.1, 0.15) is 11.3 Å². The molecule has 152 valence electrons. The van der Waals surface area contributed by atoms with E-state index in [1.54, 1.807) is 30.5 Å². The zero-order valence-corrected chi connectivity index (χ0v) is 17.0. The molecule has 0 atom stereocenters. The van der Waals surface area contributed by atoms with Crippen molar-refractivity contribution in [2.24, 2.45) is 0 Å². The van der Waals surface area contributed by atoms with Crippen LogP contribution in [-0.2, 0) is 6.54 Å². The van der Waals surface area contributed by atoms with E-state index in [9.17, 15) is 10.1 Å². The number of H-pyrrole nitrogens is 1. The molecule has 0 aliphatic rings. The summed E-state index contributed by atoms with van der Waals surface area (Å²) >= 11 is 5.91. The Morgan fingerprint density at radius 1 is 1.00 bits per heavy atom. The van der Waals surface area contributed by atoms with Crippen molar-refractivity contribution in [2.75, 3.05) is 10.6 Å². The minimum Gasteiger partial charge on any atom is -0.379 e. The van der Waals surface area contributed by atoms with Crippen LogP contribution in [-0.4, -0.2) is 15.0 Å². The highest BCUT2D eigenvalue weighted by Crippen LogP contribution is 2.24. The van der Waals surface area contributed by atoms with Gasteiger partial charge in [-0.2, -0.15) is 5.26 Å². The van der Waals surface area contributed by atoms with E-state index in [0.717, 1.165) is 11.4 Å². The fourth-order valence-electron chi connectivity index (χ4n) is 2.96. The Balaban J connectivity index is 1.58. The summed E-state index contributed by atoms with van der Waals surface area (Å²) in [6.45, 7) is 0.585. The van der Waals surface area contributed by atoms with Crippen LogP contribution in [0, 0.1) is 11.3 Å². The normalized spacial score (nSPS) is 10.3. The van der Waals surface area contributed by atoms with Gasteiger partial charge in [0.05, 0.1) is 17.9 Å². The minimum absolute atomic E-state index is 0.0455. The van der Waals surface area contributed by atoms with Gasteiger partial charge in [0.1, 0.15) is 11.6 Å². The van der Waals surface area contributed by atoms with Gasteiger partial charge in [-0.3, -0.25) is 14.8 Å². The molecule has 2 aromatic heterocycles. The highest BCUT2D eigenvalue weighted by atomic mass is 35.5. The van der Waals surface area contributed by atoms with Gasteiger partial charge in [-0.25, -0.2) is 4.98 Å². The number of anilines is 3. The Morgan fingerprint density at radius 3 is 2.42 bits per heavy atom. The third kappa shape index (κ3) is 4.89. The van der Waals surface area contributed by atoms with Crippen LogP contribution < -0.4 is 16.2 Å². The molecule has 0 bridgehead atoms. The van der Waals surface area contributed by atoms with E-state index in [1.807, 2.05) is 48.5 Å². The Hall–Kier alpha value is -4.15. The van der Waals surface area contributed by atoms with Crippen molar-refractivity contribution in [3.05, 3.63) is 99.6 Å². The summed E-state index contributed by atoms with van der Waals surface area (Å²) in [4.78, 5) is 23.8. The van der Waals surface area contributed by atoms with Crippen molar-refractivity contribution in [3.8, 4) is 17.3 Å². The van der Waals surface area contributed by atoms with Crippen molar-refractivity contribution < 1.29 is 0 Å². The summed E-state index contributed by atoms with van der Waals surface area (Å²) in [7, 11) is 0. The number of hydrogen-bond donors (Lipinski definition) is 3. The summed E-state index contributed by atoms with van der Waals surface area (Å²) in [6.07, 6.45) is 1.75. The maximum atomic E-state index is 12.4. The number of halogens is 1. The van der Waals surface area contributed by atoms with Crippen LogP contribution >= 0.6 is 11.6 Å². The third-order valence-electron chi connectivity index (χ3n) is 4.50. The second-order valence-electron chi connectivity index (χ2n) is 6.63. The monoisotopic (exact) mass is 428 g/mol. The lowest BCUT2D eigenvalue weighted by Crippen LogP contribution is -2.16. The molecule has 0 fully saturated rings. The van der Waals surface area contributed by atoms with Crippen LogP contribution in [0.3, 0.4) is 0 Å². The first-order chi connectivity index (χ1) is 15.1. The summed E-state index contributed by atoms with van der Waals surface area (Å²) in [5.41, 5.74) is 2.92. The second-order valence-corrected chi connectivity index (χ2v) is 7.07. The molecule has 3 N–H and O–H groups in total. The molecule has 0 spiro atoms. The molecular formula is C23H17ClN6O. The van der Waals surface area contributed by atoms with E-state index < -0.39 is 5.56 Å². The van der Waals surface area contributed by atoms with Crippen molar-refractivity contribution in [1.29, 1.82) is 5.26 Å². The first kappa shape index (κ1) is 20.1. The lowest BCUT2D eigenvalue weighted by Gasteiger charge is -2.10. The molecule has 2 aromatic carbocycles. The summed E-state index contributed by atoms with van der Waals surface area (Å²) in [6, 6.07) is 22.0. The van der Waals surface area contributed by atoms with Gasteiger partial charge >= 0.3 is 0 Å². The Kier molecular flexibility index (Phi) is 5.92. The molecular weight excluding hydrogens is 412 g/mol. The summed E-state index contributed by atoms with van der Waals surface area (Å²) in [5, 5.41) is 16.4. The number of nitriles is 1. The average Bonchev–Trinajstić information content (AvgIpc) is 2.80. The van der Waals surface area contributed by atoms with Gasteiger partial charge in [-0.1, -0.05) is 29.8 Å². The molecule has 0 saturated carbocycles. The number of nitrogens with zero attached hydrogens (tertiary/aromatic N) is 3. The predicted molar refractivity (Wildman–Crippen MR) is 121 cm³/mol.